The number of nitrogens with zero attached hydrogens (tertiary/aromatic N) is 1. The lowest BCUT2D eigenvalue weighted by Gasteiger charge is -2.22. The molecule has 2 heterocycles. The van der Waals surface area contributed by atoms with Crippen LogP contribution >= 0.6 is 0 Å². The van der Waals surface area contributed by atoms with E-state index in [-0.39, 0.29) is 18.7 Å². The molecule has 11 heteroatoms. The summed E-state index contributed by atoms with van der Waals surface area (Å²) in [4.78, 5) is 7.12. The average molecular weight is 520 g/mol. The average Bonchev–Trinajstić information content (AvgIpc) is 3.42. The maximum absolute atomic E-state index is 14.0. The second-order valence-electron chi connectivity index (χ2n) is 8.88. The van der Waals surface area contributed by atoms with Crippen LogP contribution in [-0.4, -0.2) is 21.6 Å². The molecule has 2 aromatic heterocycles. The number of hydrogen-bond acceptors (Lipinski definition) is 4. The molecule has 0 radical (unpaired) electrons. The number of pyridine rings is 1. The number of fused-ring (bicyclic) bond motifs is 2. The third-order valence-electron chi connectivity index (χ3n) is 6.47. The van der Waals surface area contributed by atoms with E-state index in [2.05, 4.69) is 20.6 Å². The molecule has 0 aliphatic heterocycles. The van der Waals surface area contributed by atoms with Crippen LogP contribution in [0.2, 0.25) is 0 Å². The molecule has 0 spiro atoms. The van der Waals surface area contributed by atoms with E-state index in [1.165, 1.54) is 12.3 Å². The summed E-state index contributed by atoms with van der Waals surface area (Å²) >= 11 is 0. The van der Waals surface area contributed by atoms with Crippen LogP contribution in [0, 0.1) is 0 Å². The van der Waals surface area contributed by atoms with Crippen molar-refractivity contribution in [3.63, 3.8) is 0 Å². The largest absolute Gasteiger partial charge is 0.418 e. The van der Waals surface area contributed by atoms with Crippen LogP contribution in [0.4, 0.5) is 43.4 Å². The number of aliphatic hydroxyl groups is 1. The van der Waals surface area contributed by atoms with E-state index in [0.29, 0.717) is 41.9 Å². The van der Waals surface area contributed by atoms with Crippen molar-refractivity contribution in [2.45, 2.75) is 37.7 Å². The molecule has 5 rings (SSSR count). The summed E-state index contributed by atoms with van der Waals surface area (Å²) in [7, 11) is 0. The molecule has 0 saturated heterocycles. The first-order chi connectivity index (χ1) is 17.5. The van der Waals surface area contributed by atoms with Crippen LogP contribution in [-0.2, 0) is 25.2 Å². The Balaban J connectivity index is 1.49. The first-order valence-corrected chi connectivity index (χ1v) is 11.6. The molecule has 1 aliphatic rings. The van der Waals surface area contributed by atoms with Gasteiger partial charge in [0.15, 0.2) is 0 Å². The number of nitrogens with one attached hydrogen (secondary N) is 3. The van der Waals surface area contributed by atoms with Crippen LogP contribution in [0.25, 0.3) is 10.9 Å². The number of halogens is 6. The number of para-hydroxylation sites is 1. The van der Waals surface area contributed by atoms with Gasteiger partial charge in [-0.25, -0.2) is 0 Å². The van der Waals surface area contributed by atoms with E-state index in [1.54, 1.807) is 12.3 Å². The molecule has 4 N–H and O–H groups in total. The Morgan fingerprint density at radius 1 is 1.00 bits per heavy atom. The number of H-pyrrole nitrogens is 1. The maximum Gasteiger partial charge on any atom is 0.418 e. The highest BCUT2D eigenvalue weighted by Gasteiger charge is 2.41. The first kappa shape index (κ1) is 24.9. The van der Waals surface area contributed by atoms with Gasteiger partial charge in [-0.1, -0.05) is 18.2 Å². The minimum atomic E-state index is -5.04. The van der Waals surface area contributed by atoms with Crippen molar-refractivity contribution in [2.24, 2.45) is 0 Å². The van der Waals surface area contributed by atoms with Gasteiger partial charge in [0.2, 0.25) is 0 Å². The van der Waals surface area contributed by atoms with E-state index >= 15 is 0 Å². The van der Waals surface area contributed by atoms with Crippen LogP contribution < -0.4 is 10.6 Å². The van der Waals surface area contributed by atoms with Crippen molar-refractivity contribution in [2.75, 3.05) is 17.2 Å². The Kier molecular flexibility index (Phi) is 6.26. The minimum Gasteiger partial charge on any atom is -0.387 e. The van der Waals surface area contributed by atoms with E-state index in [1.807, 2.05) is 18.2 Å². The van der Waals surface area contributed by atoms with E-state index < -0.39 is 35.3 Å². The van der Waals surface area contributed by atoms with Gasteiger partial charge in [-0.3, -0.25) is 4.98 Å². The summed E-state index contributed by atoms with van der Waals surface area (Å²) in [5.41, 5.74) is -1.37. The normalized spacial score (nSPS) is 15.7. The summed E-state index contributed by atoms with van der Waals surface area (Å²) in [6.07, 6.45) is -6.87. The van der Waals surface area contributed by atoms with E-state index in [9.17, 15) is 31.4 Å². The Morgan fingerprint density at radius 2 is 1.70 bits per heavy atom. The van der Waals surface area contributed by atoms with Gasteiger partial charge in [0, 0.05) is 41.2 Å². The molecular weight excluding hydrogens is 498 g/mol. The van der Waals surface area contributed by atoms with E-state index in [4.69, 9.17) is 0 Å². The maximum atomic E-state index is 14.0. The van der Waals surface area contributed by atoms with Gasteiger partial charge >= 0.3 is 12.4 Å². The predicted molar refractivity (Wildman–Crippen MR) is 128 cm³/mol. The van der Waals surface area contributed by atoms with Gasteiger partial charge in [-0.05, 0) is 54.7 Å². The molecule has 194 valence electrons. The second-order valence-corrected chi connectivity index (χ2v) is 8.88. The van der Waals surface area contributed by atoms with Crippen LogP contribution in [0.3, 0.4) is 0 Å². The fourth-order valence-corrected chi connectivity index (χ4v) is 4.76. The highest BCUT2D eigenvalue weighted by atomic mass is 19.4. The lowest BCUT2D eigenvalue weighted by atomic mass is 10.0. The lowest BCUT2D eigenvalue weighted by Crippen LogP contribution is -2.19. The van der Waals surface area contributed by atoms with Crippen LogP contribution in [0.5, 0.6) is 0 Å². The van der Waals surface area contributed by atoms with E-state index in [0.717, 1.165) is 16.5 Å². The Bertz CT molecular complexity index is 1410. The number of anilines is 3. The SMILES string of the molecule is O[C@H]1CCc2c(Nc3cc(C(F)(F)F)c(NCCc4c[nH]c5ccccc45)c(C(F)(F)F)c3)ccnc21. The number of benzene rings is 2. The molecule has 4 aromatic rings. The summed E-state index contributed by atoms with van der Waals surface area (Å²) in [6, 6.07) is 10.1. The Morgan fingerprint density at radius 3 is 2.41 bits per heavy atom. The monoisotopic (exact) mass is 520 g/mol. The number of hydrogen-bond donors (Lipinski definition) is 4. The lowest BCUT2D eigenvalue weighted by molar-refractivity contribution is -0.141. The summed E-state index contributed by atoms with van der Waals surface area (Å²) in [6.45, 7) is -0.142. The molecule has 1 aliphatic carbocycles. The molecular formula is C26H22F6N4O. The second kappa shape index (κ2) is 9.29. The number of aliphatic hydroxyl groups excluding tert-OH is 1. The third-order valence-corrected chi connectivity index (χ3v) is 6.47. The minimum absolute atomic E-state index is 0.142. The molecule has 5 nitrogen and oxygen atoms in total. The van der Waals surface area contributed by atoms with Gasteiger partial charge in [0.25, 0.3) is 0 Å². The summed E-state index contributed by atoms with van der Waals surface area (Å²) in [5.74, 6) is 0. The molecule has 0 amide bonds. The molecule has 0 bridgehead atoms. The molecule has 0 fully saturated rings. The third kappa shape index (κ3) is 4.95. The number of rotatable bonds is 6. The van der Waals surface area contributed by atoms with Crippen molar-refractivity contribution in [3.8, 4) is 0 Å². The van der Waals surface area contributed by atoms with Gasteiger partial charge in [-0.2, -0.15) is 26.3 Å². The van der Waals surface area contributed by atoms with Gasteiger partial charge in [0.1, 0.15) is 0 Å². The fourth-order valence-electron chi connectivity index (χ4n) is 4.76. The highest BCUT2D eigenvalue weighted by molar-refractivity contribution is 5.83. The van der Waals surface area contributed by atoms with Crippen molar-refractivity contribution in [1.82, 2.24) is 9.97 Å². The molecule has 2 aromatic carbocycles. The Hall–Kier alpha value is -3.73. The zero-order chi connectivity index (χ0) is 26.4. The standard InChI is InChI=1S/C26H22F6N4O/c27-25(28,29)18-11-15(36-21-8-10-33-23-17(21)5-6-22(23)37)12-19(26(30,31)32)24(18)34-9-7-14-13-35-20-4-2-1-3-16(14)20/h1-4,8,10-13,22,34-35,37H,5-7,9H2,(H,33,36)/t22-/m0/s1. The molecule has 0 saturated carbocycles. The highest BCUT2D eigenvalue weighted by Crippen LogP contribution is 2.45. The Labute approximate surface area is 207 Å². The first-order valence-electron chi connectivity index (χ1n) is 11.6. The zero-order valence-corrected chi connectivity index (χ0v) is 19.3. The van der Waals surface area contributed by atoms with Crippen molar-refractivity contribution in [1.29, 1.82) is 0 Å². The summed E-state index contributed by atoms with van der Waals surface area (Å²) < 4.78 is 84.2. The van der Waals surface area contributed by atoms with Gasteiger partial charge in [-0.15, -0.1) is 0 Å². The predicted octanol–water partition coefficient (Wildman–Crippen LogP) is 6.98. The molecule has 37 heavy (non-hydrogen) atoms. The number of aromatic nitrogens is 2. The zero-order valence-electron chi connectivity index (χ0n) is 19.3. The van der Waals surface area contributed by atoms with Crippen LogP contribution in [0.1, 0.15) is 40.5 Å². The van der Waals surface area contributed by atoms with Crippen molar-refractivity contribution < 1.29 is 31.4 Å². The topological polar surface area (TPSA) is 73.0 Å². The smallest absolute Gasteiger partial charge is 0.387 e. The van der Waals surface area contributed by atoms with Gasteiger partial charge in [0.05, 0.1) is 28.6 Å². The fraction of sp³-hybridized carbons (Fsp3) is 0.269. The number of alkyl halides is 6. The van der Waals surface area contributed by atoms with Crippen molar-refractivity contribution in [3.05, 3.63) is 82.8 Å². The van der Waals surface area contributed by atoms with Crippen LogP contribution in [0.15, 0.2) is 54.9 Å². The molecule has 0 unspecified atom stereocenters. The molecule has 1 atom stereocenters. The quantitative estimate of drug-likeness (QED) is 0.207. The summed E-state index contributed by atoms with van der Waals surface area (Å²) in [5, 5.41) is 16.0. The van der Waals surface area contributed by atoms with Gasteiger partial charge < -0.3 is 20.7 Å². The van der Waals surface area contributed by atoms with Crippen molar-refractivity contribution >= 4 is 28.0 Å². The number of aromatic amines is 1.